The highest BCUT2D eigenvalue weighted by Crippen LogP contribution is 2.23. The van der Waals surface area contributed by atoms with E-state index in [1.807, 2.05) is 6.07 Å². The summed E-state index contributed by atoms with van der Waals surface area (Å²) >= 11 is 5.99. The van der Waals surface area contributed by atoms with Gasteiger partial charge in [-0.15, -0.1) is 0 Å². The van der Waals surface area contributed by atoms with Gasteiger partial charge in [-0.1, -0.05) is 11.6 Å². The van der Waals surface area contributed by atoms with Gasteiger partial charge in [0.25, 0.3) is 0 Å². The van der Waals surface area contributed by atoms with E-state index < -0.39 is 6.04 Å². The molecule has 0 saturated heterocycles. The Bertz CT molecular complexity index is 487. The third kappa shape index (κ3) is 4.39. The standard InChI is InChI=1S/C12H15ClN4O2/c1-8(12(18)16-5-6-19-2)17-11-10(13)9(7-14)3-4-15-11/h3-4,8H,5-6H2,1-2H3,(H,15,17)(H,16,18). The molecule has 1 amide bonds. The van der Waals surface area contributed by atoms with E-state index in [1.54, 1.807) is 14.0 Å². The van der Waals surface area contributed by atoms with Gasteiger partial charge >= 0.3 is 0 Å². The van der Waals surface area contributed by atoms with Gasteiger partial charge in [0.2, 0.25) is 5.91 Å². The van der Waals surface area contributed by atoms with Crippen molar-refractivity contribution in [1.29, 1.82) is 5.26 Å². The van der Waals surface area contributed by atoms with Crippen LogP contribution in [0.25, 0.3) is 0 Å². The molecule has 1 aromatic heterocycles. The molecule has 0 bridgehead atoms. The van der Waals surface area contributed by atoms with Gasteiger partial charge in [-0.25, -0.2) is 4.98 Å². The van der Waals surface area contributed by atoms with Crippen LogP contribution in [-0.2, 0) is 9.53 Å². The van der Waals surface area contributed by atoms with Crippen LogP contribution in [0, 0.1) is 11.3 Å². The molecule has 1 unspecified atom stereocenters. The molecule has 1 heterocycles. The fourth-order valence-corrected chi connectivity index (χ4v) is 1.54. The molecule has 6 nitrogen and oxygen atoms in total. The van der Waals surface area contributed by atoms with Crippen LogP contribution in [0.2, 0.25) is 5.02 Å². The predicted octanol–water partition coefficient (Wildman–Crippen LogP) is 1.17. The Labute approximate surface area is 116 Å². The Morgan fingerprint density at radius 3 is 3.05 bits per heavy atom. The lowest BCUT2D eigenvalue weighted by Crippen LogP contribution is -2.39. The van der Waals surface area contributed by atoms with Crippen molar-refractivity contribution in [3.63, 3.8) is 0 Å². The van der Waals surface area contributed by atoms with E-state index in [0.717, 1.165) is 0 Å². The maximum Gasteiger partial charge on any atom is 0.242 e. The van der Waals surface area contributed by atoms with Crippen LogP contribution >= 0.6 is 11.6 Å². The van der Waals surface area contributed by atoms with Gasteiger partial charge in [0, 0.05) is 19.9 Å². The lowest BCUT2D eigenvalue weighted by atomic mass is 10.2. The minimum Gasteiger partial charge on any atom is -0.383 e. The van der Waals surface area contributed by atoms with E-state index in [0.29, 0.717) is 24.5 Å². The maximum atomic E-state index is 11.7. The average molecular weight is 283 g/mol. The molecule has 0 radical (unpaired) electrons. The topological polar surface area (TPSA) is 87.0 Å². The zero-order valence-corrected chi connectivity index (χ0v) is 11.5. The molecule has 1 atom stereocenters. The fraction of sp³-hybridized carbons (Fsp3) is 0.417. The lowest BCUT2D eigenvalue weighted by molar-refractivity contribution is -0.121. The largest absolute Gasteiger partial charge is 0.383 e. The quantitative estimate of drug-likeness (QED) is 0.765. The third-order valence-electron chi connectivity index (χ3n) is 2.36. The van der Waals surface area contributed by atoms with Crippen molar-refractivity contribution in [2.45, 2.75) is 13.0 Å². The number of amides is 1. The Balaban J connectivity index is 2.64. The number of rotatable bonds is 6. The molecule has 0 aliphatic carbocycles. The van der Waals surface area contributed by atoms with Crippen molar-refractivity contribution in [3.8, 4) is 6.07 Å². The molecule has 2 N–H and O–H groups in total. The number of hydrogen-bond donors (Lipinski definition) is 2. The molecule has 102 valence electrons. The maximum absolute atomic E-state index is 11.7. The number of carbonyl (C=O) groups is 1. The lowest BCUT2D eigenvalue weighted by Gasteiger charge is -2.15. The summed E-state index contributed by atoms with van der Waals surface area (Å²) in [7, 11) is 1.56. The van der Waals surface area contributed by atoms with E-state index in [-0.39, 0.29) is 10.9 Å². The van der Waals surface area contributed by atoms with Crippen LogP contribution < -0.4 is 10.6 Å². The number of aromatic nitrogens is 1. The van der Waals surface area contributed by atoms with E-state index >= 15 is 0 Å². The number of carbonyl (C=O) groups excluding carboxylic acids is 1. The summed E-state index contributed by atoms with van der Waals surface area (Å²) in [5.41, 5.74) is 0.311. The second-order valence-electron chi connectivity index (χ2n) is 3.78. The molecular formula is C12H15ClN4O2. The Morgan fingerprint density at radius 1 is 1.68 bits per heavy atom. The van der Waals surface area contributed by atoms with Gasteiger partial charge in [-0.2, -0.15) is 5.26 Å². The molecule has 0 aliphatic rings. The zero-order chi connectivity index (χ0) is 14.3. The number of hydrogen-bond acceptors (Lipinski definition) is 5. The molecule has 7 heteroatoms. The fourth-order valence-electron chi connectivity index (χ4n) is 1.33. The summed E-state index contributed by atoms with van der Waals surface area (Å²) in [4.78, 5) is 15.7. The van der Waals surface area contributed by atoms with Crippen molar-refractivity contribution in [2.75, 3.05) is 25.6 Å². The van der Waals surface area contributed by atoms with Crippen LogP contribution in [0.15, 0.2) is 12.3 Å². The van der Waals surface area contributed by atoms with Crippen molar-refractivity contribution in [1.82, 2.24) is 10.3 Å². The molecule has 0 fully saturated rings. The summed E-state index contributed by atoms with van der Waals surface area (Å²) in [6.45, 7) is 2.56. The second-order valence-corrected chi connectivity index (χ2v) is 4.16. The zero-order valence-electron chi connectivity index (χ0n) is 10.7. The minimum atomic E-state index is -0.518. The first kappa shape index (κ1) is 15.2. The van der Waals surface area contributed by atoms with E-state index in [9.17, 15) is 4.79 Å². The normalized spacial score (nSPS) is 11.5. The van der Waals surface area contributed by atoms with Gasteiger partial charge in [-0.05, 0) is 13.0 Å². The molecule has 19 heavy (non-hydrogen) atoms. The Morgan fingerprint density at radius 2 is 2.42 bits per heavy atom. The molecule has 0 aromatic carbocycles. The molecule has 0 saturated carbocycles. The highest BCUT2D eigenvalue weighted by atomic mass is 35.5. The number of nitrogens with zero attached hydrogens (tertiary/aromatic N) is 2. The summed E-state index contributed by atoms with van der Waals surface area (Å²) in [5, 5.41) is 14.6. The van der Waals surface area contributed by atoms with Gasteiger partial charge in [0.1, 0.15) is 23.0 Å². The number of methoxy groups -OCH3 is 1. The number of nitrogens with one attached hydrogen (secondary N) is 2. The van der Waals surface area contributed by atoms with Crippen molar-refractivity contribution in [2.24, 2.45) is 0 Å². The van der Waals surface area contributed by atoms with Gasteiger partial charge in [0.15, 0.2) is 0 Å². The first-order valence-corrected chi connectivity index (χ1v) is 6.05. The van der Waals surface area contributed by atoms with Gasteiger partial charge in [0.05, 0.1) is 12.2 Å². The third-order valence-corrected chi connectivity index (χ3v) is 2.74. The highest BCUT2D eigenvalue weighted by molar-refractivity contribution is 6.34. The van der Waals surface area contributed by atoms with Crippen molar-refractivity contribution >= 4 is 23.3 Å². The van der Waals surface area contributed by atoms with E-state index in [2.05, 4.69) is 15.6 Å². The number of halogens is 1. The number of pyridine rings is 1. The minimum absolute atomic E-state index is 0.197. The van der Waals surface area contributed by atoms with Crippen LogP contribution in [0.4, 0.5) is 5.82 Å². The van der Waals surface area contributed by atoms with Crippen LogP contribution in [-0.4, -0.2) is 37.2 Å². The van der Waals surface area contributed by atoms with Gasteiger partial charge < -0.3 is 15.4 Å². The second kappa shape index (κ2) is 7.56. The Hall–Kier alpha value is -1.84. The van der Waals surface area contributed by atoms with Crippen LogP contribution in [0.1, 0.15) is 12.5 Å². The van der Waals surface area contributed by atoms with Crippen LogP contribution in [0.3, 0.4) is 0 Å². The first-order chi connectivity index (χ1) is 9.10. The summed E-state index contributed by atoms with van der Waals surface area (Å²) in [6, 6.07) is 2.94. The van der Waals surface area contributed by atoms with Crippen molar-refractivity contribution < 1.29 is 9.53 Å². The highest BCUT2D eigenvalue weighted by Gasteiger charge is 2.15. The van der Waals surface area contributed by atoms with E-state index in [4.69, 9.17) is 21.6 Å². The van der Waals surface area contributed by atoms with Gasteiger partial charge in [-0.3, -0.25) is 4.79 Å². The number of anilines is 1. The summed E-state index contributed by atoms with van der Waals surface area (Å²) in [6.07, 6.45) is 1.46. The average Bonchev–Trinajstić information content (AvgIpc) is 2.41. The van der Waals surface area contributed by atoms with E-state index in [1.165, 1.54) is 12.3 Å². The smallest absolute Gasteiger partial charge is 0.242 e. The Kier molecular flexibility index (Phi) is 6.06. The molecule has 0 aliphatic heterocycles. The molecule has 0 spiro atoms. The molecular weight excluding hydrogens is 268 g/mol. The first-order valence-electron chi connectivity index (χ1n) is 5.68. The van der Waals surface area contributed by atoms with Crippen molar-refractivity contribution in [3.05, 3.63) is 22.8 Å². The predicted molar refractivity (Wildman–Crippen MR) is 71.9 cm³/mol. The monoisotopic (exact) mass is 282 g/mol. The summed E-state index contributed by atoms with van der Waals surface area (Å²) < 4.78 is 4.84. The number of nitriles is 1. The SMILES string of the molecule is COCCNC(=O)C(C)Nc1nccc(C#N)c1Cl. The molecule has 1 aromatic rings. The van der Waals surface area contributed by atoms with Crippen LogP contribution in [0.5, 0.6) is 0 Å². The number of ether oxygens (including phenoxy) is 1. The molecule has 1 rings (SSSR count). The summed E-state index contributed by atoms with van der Waals surface area (Å²) in [5.74, 6) is 0.118.